The molecule has 0 saturated heterocycles. The Labute approximate surface area is 91.2 Å². The van der Waals surface area contributed by atoms with Gasteiger partial charge in [-0.1, -0.05) is 49.9 Å². The maximum Gasteiger partial charge on any atom is -0.00796 e. The smallest absolute Gasteiger partial charge is 0.00796 e. The zero-order valence-corrected chi connectivity index (χ0v) is 9.38. The predicted octanol–water partition coefficient (Wildman–Crippen LogP) is 4.57. The average Bonchev–Trinajstić information content (AvgIpc) is 2.28. The number of allylic oxidation sites excluding steroid dienone is 1. The fourth-order valence-electron chi connectivity index (χ4n) is 2.01. The SMILES string of the molecule is C=C(CC)c1cccc2cccc(C)c12. The standard InChI is InChI=1S/C15H16/c1-4-11(2)14-10-6-9-13-8-5-7-12(3)15(13)14/h5-10H,2,4H2,1,3H3. The highest BCUT2D eigenvalue weighted by Crippen LogP contribution is 2.28. The summed E-state index contributed by atoms with van der Waals surface area (Å²) in [6.07, 6.45) is 1.01. The van der Waals surface area contributed by atoms with Gasteiger partial charge in [0.05, 0.1) is 0 Å². The number of aryl methyl sites for hydroxylation is 1. The molecule has 0 heteroatoms. The van der Waals surface area contributed by atoms with E-state index in [-0.39, 0.29) is 0 Å². The molecule has 2 aromatic rings. The topological polar surface area (TPSA) is 0 Å². The van der Waals surface area contributed by atoms with Crippen LogP contribution in [0.5, 0.6) is 0 Å². The molecule has 76 valence electrons. The third kappa shape index (κ3) is 1.68. The van der Waals surface area contributed by atoms with Crippen molar-refractivity contribution in [3.05, 3.63) is 54.1 Å². The molecule has 0 unspecified atom stereocenters. The molecule has 0 aliphatic rings. The van der Waals surface area contributed by atoms with Crippen LogP contribution in [0.3, 0.4) is 0 Å². The molecule has 0 saturated carbocycles. The van der Waals surface area contributed by atoms with E-state index in [2.05, 4.69) is 56.8 Å². The van der Waals surface area contributed by atoms with Crippen molar-refractivity contribution >= 4 is 16.3 Å². The number of benzene rings is 2. The Morgan fingerprint density at radius 3 is 2.47 bits per heavy atom. The Morgan fingerprint density at radius 2 is 1.80 bits per heavy atom. The van der Waals surface area contributed by atoms with Crippen LogP contribution in [-0.4, -0.2) is 0 Å². The third-order valence-electron chi connectivity index (χ3n) is 2.92. The molecule has 15 heavy (non-hydrogen) atoms. The molecule has 0 aliphatic carbocycles. The lowest BCUT2D eigenvalue weighted by atomic mass is 9.95. The molecule has 0 heterocycles. The lowest BCUT2D eigenvalue weighted by molar-refractivity contribution is 1.25. The molecule has 0 radical (unpaired) electrons. The van der Waals surface area contributed by atoms with E-state index in [0.29, 0.717) is 0 Å². The van der Waals surface area contributed by atoms with Gasteiger partial charge in [-0.2, -0.15) is 0 Å². The molecule has 0 aliphatic heterocycles. The Morgan fingerprint density at radius 1 is 1.13 bits per heavy atom. The van der Waals surface area contributed by atoms with Crippen LogP contribution in [0, 0.1) is 6.92 Å². The normalized spacial score (nSPS) is 10.5. The highest BCUT2D eigenvalue weighted by molar-refractivity contribution is 5.95. The van der Waals surface area contributed by atoms with Gasteiger partial charge in [0, 0.05) is 0 Å². The van der Waals surface area contributed by atoms with Gasteiger partial charge in [0.1, 0.15) is 0 Å². The molecule has 2 rings (SSSR count). The Hall–Kier alpha value is -1.56. The summed E-state index contributed by atoms with van der Waals surface area (Å²) in [7, 11) is 0. The summed E-state index contributed by atoms with van der Waals surface area (Å²) in [4.78, 5) is 0. The van der Waals surface area contributed by atoms with Crippen molar-refractivity contribution in [1.29, 1.82) is 0 Å². The van der Waals surface area contributed by atoms with Crippen LogP contribution in [-0.2, 0) is 0 Å². The molecule has 0 N–H and O–H groups in total. The van der Waals surface area contributed by atoms with E-state index in [4.69, 9.17) is 0 Å². The van der Waals surface area contributed by atoms with Crippen LogP contribution < -0.4 is 0 Å². The fraction of sp³-hybridized carbons (Fsp3) is 0.200. The molecule has 0 nitrogen and oxygen atoms in total. The first-order chi connectivity index (χ1) is 7.24. The van der Waals surface area contributed by atoms with Crippen molar-refractivity contribution in [1.82, 2.24) is 0 Å². The third-order valence-corrected chi connectivity index (χ3v) is 2.92. The molecule has 2 aromatic carbocycles. The van der Waals surface area contributed by atoms with Gasteiger partial charge in [0.15, 0.2) is 0 Å². The summed E-state index contributed by atoms with van der Waals surface area (Å²) < 4.78 is 0. The number of fused-ring (bicyclic) bond motifs is 1. The van der Waals surface area contributed by atoms with Gasteiger partial charge in [-0.25, -0.2) is 0 Å². The zero-order valence-electron chi connectivity index (χ0n) is 9.38. The van der Waals surface area contributed by atoms with E-state index in [1.165, 1.54) is 27.5 Å². The van der Waals surface area contributed by atoms with E-state index < -0.39 is 0 Å². The van der Waals surface area contributed by atoms with Crippen LogP contribution in [0.25, 0.3) is 16.3 Å². The summed E-state index contributed by atoms with van der Waals surface area (Å²) in [5.74, 6) is 0. The zero-order chi connectivity index (χ0) is 10.8. The van der Waals surface area contributed by atoms with Crippen molar-refractivity contribution in [2.75, 3.05) is 0 Å². The summed E-state index contributed by atoms with van der Waals surface area (Å²) in [6.45, 7) is 8.45. The second-order valence-corrected chi connectivity index (χ2v) is 3.94. The van der Waals surface area contributed by atoms with Gasteiger partial charge in [-0.15, -0.1) is 0 Å². The predicted molar refractivity (Wildman–Crippen MR) is 68.0 cm³/mol. The molecule has 0 aromatic heterocycles. The van der Waals surface area contributed by atoms with Crippen molar-refractivity contribution in [3.63, 3.8) is 0 Å². The molecular weight excluding hydrogens is 180 g/mol. The lowest BCUT2D eigenvalue weighted by Crippen LogP contribution is -1.87. The minimum atomic E-state index is 1.01. The highest BCUT2D eigenvalue weighted by atomic mass is 14.1. The molecular formula is C15H16. The van der Waals surface area contributed by atoms with E-state index >= 15 is 0 Å². The summed E-state index contributed by atoms with van der Waals surface area (Å²) in [5, 5.41) is 2.66. The van der Waals surface area contributed by atoms with Gasteiger partial charge in [0.2, 0.25) is 0 Å². The number of rotatable bonds is 2. The fourth-order valence-corrected chi connectivity index (χ4v) is 2.01. The van der Waals surface area contributed by atoms with E-state index in [1.54, 1.807) is 0 Å². The Balaban J connectivity index is 2.80. The van der Waals surface area contributed by atoms with Crippen molar-refractivity contribution in [3.8, 4) is 0 Å². The quantitative estimate of drug-likeness (QED) is 0.660. The second-order valence-electron chi connectivity index (χ2n) is 3.94. The molecule has 0 atom stereocenters. The van der Waals surface area contributed by atoms with Crippen LogP contribution in [0.1, 0.15) is 24.5 Å². The summed E-state index contributed by atoms with van der Waals surface area (Å²) >= 11 is 0. The first-order valence-corrected chi connectivity index (χ1v) is 5.40. The largest absolute Gasteiger partial charge is 0.0952 e. The van der Waals surface area contributed by atoms with E-state index in [0.717, 1.165) is 6.42 Å². The summed E-state index contributed by atoms with van der Waals surface area (Å²) in [6, 6.07) is 12.9. The van der Waals surface area contributed by atoms with E-state index in [9.17, 15) is 0 Å². The number of hydrogen-bond donors (Lipinski definition) is 0. The van der Waals surface area contributed by atoms with Crippen LogP contribution in [0.2, 0.25) is 0 Å². The first kappa shape index (κ1) is 9.97. The minimum absolute atomic E-state index is 1.01. The minimum Gasteiger partial charge on any atom is -0.0952 e. The van der Waals surface area contributed by atoms with Crippen LogP contribution in [0.15, 0.2) is 43.0 Å². The van der Waals surface area contributed by atoms with Crippen molar-refractivity contribution < 1.29 is 0 Å². The maximum atomic E-state index is 4.13. The van der Waals surface area contributed by atoms with Gasteiger partial charge in [-0.05, 0) is 40.8 Å². The second kappa shape index (κ2) is 3.90. The highest BCUT2D eigenvalue weighted by Gasteiger charge is 2.04. The summed E-state index contributed by atoms with van der Waals surface area (Å²) in [5.41, 5.74) is 3.85. The Bertz CT molecular complexity index is 501. The van der Waals surface area contributed by atoms with Gasteiger partial charge in [-0.3, -0.25) is 0 Å². The lowest BCUT2D eigenvalue weighted by Gasteiger charge is -2.10. The van der Waals surface area contributed by atoms with Gasteiger partial charge in [0.25, 0.3) is 0 Å². The molecule has 0 amide bonds. The molecule has 0 spiro atoms. The van der Waals surface area contributed by atoms with Gasteiger partial charge >= 0.3 is 0 Å². The molecule has 0 fully saturated rings. The van der Waals surface area contributed by atoms with E-state index in [1.807, 2.05) is 0 Å². The maximum absolute atomic E-state index is 4.13. The van der Waals surface area contributed by atoms with Crippen molar-refractivity contribution in [2.24, 2.45) is 0 Å². The average molecular weight is 196 g/mol. The van der Waals surface area contributed by atoms with Crippen LogP contribution in [0.4, 0.5) is 0 Å². The van der Waals surface area contributed by atoms with Crippen molar-refractivity contribution in [2.45, 2.75) is 20.3 Å². The monoisotopic (exact) mass is 196 g/mol. The number of hydrogen-bond acceptors (Lipinski definition) is 0. The Kier molecular flexibility index (Phi) is 2.59. The van der Waals surface area contributed by atoms with Crippen LogP contribution >= 0.6 is 0 Å². The first-order valence-electron chi connectivity index (χ1n) is 5.40. The molecule has 0 bridgehead atoms. The van der Waals surface area contributed by atoms with Gasteiger partial charge < -0.3 is 0 Å².